The molecule has 3 heterocycles. The molecule has 3 nitrogen and oxygen atoms in total. The largest absolute Gasteiger partial charge is 0.309 e. The fourth-order valence-electron chi connectivity index (χ4n) is 7.57. The van der Waals surface area contributed by atoms with E-state index in [4.69, 9.17) is 4.98 Å². The Bertz CT molecular complexity index is 2620. The van der Waals surface area contributed by atoms with Crippen molar-refractivity contribution in [2.75, 3.05) is 0 Å². The van der Waals surface area contributed by atoms with Crippen LogP contribution in [-0.2, 0) is 6.42 Å². The maximum absolute atomic E-state index is 4.86. The van der Waals surface area contributed by atoms with E-state index in [1.807, 2.05) is 12.3 Å². The van der Waals surface area contributed by atoms with Gasteiger partial charge in [0, 0.05) is 33.7 Å². The second kappa shape index (κ2) is 9.28. The number of nitrogens with zero attached hydrogens (tertiary/aromatic N) is 3. The minimum absolute atomic E-state index is 0.999. The first-order valence-electron chi connectivity index (χ1n) is 15.5. The molecule has 3 aromatic heterocycles. The van der Waals surface area contributed by atoms with Crippen molar-refractivity contribution in [1.29, 1.82) is 0 Å². The smallest absolute Gasteiger partial charge is 0.0964 e. The summed E-state index contributed by atoms with van der Waals surface area (Å²) in [5.41, 5.74) is 16.0. The number of benzene rings is 6. The molecule has 210 valence electrons. The molecule has 0 saturated carbocycles. The van der Waals surface area contributed by atoms with Crippen LogP contribution in [0.5, 0.6) is 0 Å². The summed E-state index contributed by atoms with van der Waals surface area (Å²) >= 11 is 0. The standard InChI is InChI=1S/C42H27N3/c1-2-10-31(11-3-1)44-40-21-18-32(26-37(40)42-41(44)15-8-22-43-42)45-38-14-7-6-13-35(38)36-25-28(17-20-39(36)45)27-16-19-34-30(23-27)24-29-9-4-5-12-33(29)34/h1-23,25-26H,24H2. The van der Waals surface area contributed by atoms with E-state index in [1.165, 1.54) is 55.2 Å². The van der Waals surface area contributed by atoms with Crippen LogP contribution in [0.25, 0.3) is 77.4 Å². The van der Waals surface area contributed by atoms with Crippen molar-refractivity contribution < 1.29 is 0 Å². The van der Waals surface area contributed by atoms with Crippen molar-refractivity contribution in [2.45, 2.75) is 6.42 Å². The molecule has 10 rings (SSSR count). The van der Waals surface area contributed by atoms with Crippen molar-refractivity contribution in [3.63, 3.8) is 0 Å². The van der Waals surface area contributed by atoms with Gasteiger partial charge >= 0.3 is 0 Å². The second-order valence-corrected chi connectivity index (χ2v) is 12.0. The highest BCUT2D eigenvalue weighted by Crippen LogP contribution is 2.41. The van der Waals surface area contributed by atoms with Crippen LogP contribution >= 0.6 is 0 Å². The monoisotopic (exact) mass is 573 g/mol. The van der Waals surface area contributed by atoms with E-state index in [1.54, 1.807) is 0 Å². The molecule has 0 saturated heterocycles. The average Bonchev–Trinajstić information content (AvgIpc) is 3.75. The topological polar surface area (TPSA) is 22.8 Å². The molecule has 1 aliphatic carbocycles. The van der Waals surface area contributed by atoms with Gasteiger partial charge in [0.1, 0.15) is 0 Å². The first-order valence-corrected chi connectivity index (χ1v) is 15.5. The molecule has 0 radical (unpaired) electrons. The van der Waals surface area contributed by atoms with Crippen LogP contribution in [0, 0.1) is 0 Å². The lowest BCUT2D eigenvalue weighted by molar-refractivity contribution is 1.16. The van der Waals surface area contributed by atoms with Crippen LogP contribution in [-0.4, -0.2) is 14.1 Å². The van der Waals surface area contributed by atoms with Gasteiger partial charge in [-0.05, 0) is 100 Å². The third kappa shape index (κ3) is 3.55. The number of aromatic nitrogens is 3. The predicted octanol–water partition coefficient (Wildman–Crippen LogP) is 10.5. The molecule has 9 aromatic rings. The first kappa shape index (κ1) is 24.5. The Morgan fingerprint density at radius 3 is 2.07 bits per heavy atom. The molecule has 0 N–H and O–H groups in total. The maximum Gasteiger partial charge on any atom is 0.0964 e. The zero-order chi connectivity index (χ0) is 29.5. The summed E-state index contributed by atoms with van der Waals surface area (Å²) in [5, 5.41) is 3.67. The van der Waals surface area contributed by atoms with E-state index in [2.05, 4.69) is 149 Å². The number of hydrogen-bond donors (Lipinski definition) is 0. The molecular formula is C42H27N3. The van der Waals surface area contributed by atoms with Gasteiger partial charge in [-0.3, -0.25) is 4.98 Å². The van der Waals surface area contributed by atoms with E-state index in [0.29, 0.717) is 0 Å². The minimum Gasteiger partial charge on any atom is -0.309 e. The SMILES string of the molecule is c1ccc(-n2c3ccc(-n4c5ccccc5c5cc(-c6ccc7c(c6)Cc6ccccc6-7)ccc54)cc3c3ncccc32)cc1. The summed E-state index contributed by atoms with van der Waals surface area (Å²) in [6, 6.07) is 53.0. The third-order valence-electron chi connectivity index (χ3n) is 9.58. The molecule has 0 atom stereocenters. The van der Waals surface area contributed by atoms with Crippen LogP contribution in [0.3, 0.4) is 0 Å². The third-order valence-corrected chi connectivity index (χ3v) is 9.58. The van der Waals surface area contributed by atoms with E-state index in [9.17, 15) is 0 Å². The van der Waals surface area contributed by atoms with Crippen molar-refractivity contribution in [3.8, 4) is 33.6 Å². The van der Waals surface area contributed by atoms with Crippen molar-refractivity contribution in [1.82, 2.24) is 14.1 Å². The average molecular weight is 574 g/mol. The van der Waals surface area contributed by atoms with Gasteiger partial charge in [0.2, 0.25) is 0 Å². The van der Waals surface area contributed by atoms with Gasteiger partial charge in [0.05, 0.1) is 27.6 Å². The summed E-state index contributed by atoms with van der Waals surface area (Å²) in [6.07, 6.45) is 2.89. The number of pyridine rings is 1. The molecule has 3 heteroatoms. The van der Waals surface area contributed by atoms with Crippen LogP contribution in [0.1, 0.15) is 11.1 Å². The Kier molecular flexibility index (Phi) is 5.06. The number of fused-ring (bicyclic) bond motifs is 9. The summed E-state index contributed by atoms with van der Waals surface area (Å²) in [4.78, 5) is 4.86. The highest BCUT2D eigenvalue weighted by molar-refractivity contribution is 6.12. The Morgan fingerprint density at radius 1 is 0.422 bits per heavy atom. The van der Waals surface area contributed by atoms with Crippen molar-refractivity contribution in [2.24, 2.45) is 0 Å². The van der Waals surface area contributed by atoms with E-state index < -0.39 is 0 Å². The molecule has 0 bridgehead atoms. The van der Waals surface area contributed by atoms with Crippen LogP contribution in [0.4, 0.5) is 0 Å². The molecule has 0 unspecified atom stereocenters. The zero-order valence-corrected chi connectivity index (χ0v) is 24.5. The fraction of sp³-hybridized carbons (Fsp3) is 0.0238. The lowest BCUT2D eigenvalue weighted by atomic mass is 9.98. The maximum atomic E-state index is 4.86. The van der Waals surface area contributed by atoms with E-state index in [0.717, 1.165) is 39.7 Å². The van der Waals surface area contributed by atoms with Crippen molar-refractivity contribution in [3.05, 3.63) is 163 Å². The summed E-state index contributed by atoms with van der Waals surface area (Å²) in [5.74, 6) is 0. The summed E-state index contributed by atoms with van der Waals surface area (Å²) in [6.45, 7) is 0. The highest BCUT2D eigenvalue weighted by atomic mass is 15.0. The summed E-state index contributed by atoms with van der Waals surface area (Å²) < 4.78 is 4.72. The molecule has 0 amide bonds. The minimum atomic E-state index is 0.999. The molecule has 0 fully saturated rings. The molecular weight excluding hydrogens is 546 g/mol. The van der Waals surface area contributed by atoms with Crippen LogP contribution in [0.2, 0.25) is 0 Å². The van der Waals surface area contributed by atoms with Gasteiger partial charge in [-0.15, -0.1) is 0 Å². The van der Waals surface area contributed by atoms with Crippen molar-refractivity contribution >= 4 is 43.7 Å². The highest BCUT2D eigenvalue weighted by Gasteiger charge is 2.20. The van der Waals surface area contributed by atoms with Gasteiger partial charge in [0.25, 0.3) is 0 Å². The summed E-state index contributed by atoms with van der Waals surface area (Å²) in [7, 11) is 0. The number of para-hydroxylation sites is 2. The van der Waals surface area contributed by atoms with E-state index >= 15 is 0 Å². The van der Waals surface area contributed by atoms with Gasteiger partial charge < -0.3 is 9.13 Å². The number of hydrogen-bond acceptors (Lipinski definition) is 1. The molecule has 45 heavy (non-hydrogen) atoms. The molecule has 1 aliphatic rings. The molecule has 0 aliphatic heterocycles. The Balaban J connectivity index is 1.16. The fourth-order valence-corrected chi connectivity index (χ4v) is 7.57. The van der Waals surface area contributed by atoms with Gasteiger partial charge in [-0.2, -0.15) is 0 Å². The van der Waals surface area contributed by atoms with Gasteiger partial charge in [-0.25, -0.2) is 0 Å². The quantitative estimate of drug-likeness (QED) is 0.206. The Labute approximate surface area is 260 Å². The normalized spacial score (nSPS) is 12.4. The van der Waals surface area contributed by atoms with E-state index in [-0.39, 0.29) is 0 Å². The van der Waals surface area contributed by atoms with Crippen LogP contribution in [0.15, 0.2) is 152 Å². The first-order chi connectivity index (χ1) is 22.3. The molecule has 0 spiro atoms. The Morgan fingerprint density at radius 2 is 1.11 bits per heavy atom. The van der Waals surface area contributed by atoms with Gasteiger partial charge in [0.15, 0.2) is 0 Å². The second-order valence-electron chi connectivity index (χ2n) is 12.0. The zero-order valence-electron chi connectivity index (χ0n) is 24.5. The van der Waals surface area contributed by atoms with Crippen LogP contribution < -0.4 is 0 Å². The molecule has 6 aromatic carbocycles. The lowest BCUT2D eigenvalue weighted by Gasteiger charge is -2.11. The Hall–Kier alpha value is -5.93. The lowest BCUT2D eigenvalue weighted by Crippen LogP contribution is -1.95. The predicted molar refractivity (Wildman–Crippen MR) is 187 cm³/mol. The van der Waals surface area contributed by atoms with Gasteiger partial charge in [-0.1, -0.05) is 84.9 Å². The number of rotatable bonds is 3.